The normalized spacial score (nSPS) is 10.7. The van der Waals surface area contributed by atoms with Gasteiger partial charge in [0.1, 0.15) is 9.76 Å². The zero-order valence-electron chi connectivity index (χ0n) is 7.01. The number of aryl methyl sites for hydroxylation is 1. The molecule has 3 heteroatoms. The number of fused-ring (bicyclic) bond motifs is 1. The molecular weight excluding hydrogens is 249 g/mol. The summed E-state index contributed by atoms with van der Waals surface area (Å²) < 4.78 is 0.804. The zero-order chi connectivity index (χ0) is 9.42. The zero-order valence-corrected chi connectivity index (χ0v) is 9.35. The van der Waals surface area contributed by atoms with E-state index in [-0.39, 0.29) is 0 Å². The second-order valence-corrected chi connectivity index (χ2v) is 3.97. The molecule has 0 aliphatic rings. The van der Waals surface area contributed by atoms with Gasteiger partial charge in [0.05, 0.1) is 0 Å². The first-order chi connectivity index (χ1) is 6.20. The lowest BCUT2D eigenvalue weighted by atomic mass is 10.1. The molecule has 0 saturated carbocycles. The summed E-state index contributed by atoms with van der Waals surface area (Å²) in [6, 6.07) is 8.05. The molecule has 1 aromatic heterocycles. The van der Waals surface area contributed by atoms with E-state index in [0.29, 0.717) is 5.15 Å². The van der Waals surface area contributed by atoms with Crippen molar-refractivity contribution in [3.8, 4) is 0 Å². The highest BCUT2D eigenvalue weighted by atomic mass is 79.9. The van der Waals surface area contributed by atoms with Gasteiger partial charge in [0.15, 0.2) is 0 Å². The Balaban J connectivity index is 2.97. The highest BCUT2D eigenvalue weighted by Gasteiger charge is 2.05. The third-order valence-electron chi connectivity index (χ3n) is 2.06. The fourth-order valence-electron chi connectivity index (χ4n) is 1.33. The van der Waals surface area contributed by atoms with Crippen LogP contribution in [0.2, 0.25) is 5.15 Å². The van der Waals surface area contributed by atoms with Crippen molar-refractivity contribution in [2.75, 3.05) is 0 Å². The van der Waals surface area contributed by atoms with Crippen LogP contribution < -0.4 is 0 Å². The van der Waals surface area contributed by atoms with E-state index in [1.165, 1.54) is 0 Å². The summed E-state index contributed by atoms with van der Waals surface area (Å²) in [5.74, 6) is 0. The first-order valence-electron chi connectivity index (χ1n) is 3.90. The molecule has 0 bridgehead atoms. The molecule has 0 aliphatic heterocycles. The van der Waals surface area contributed by atoms with Crippen LogP contribution >= 0.6 is 27.5 Å². The molecule has 0 spiro atoms. The summed E-state index contributed by atoms with van der Waals surface area (Å²) in [4.78, 5) is 4.18. The van der Waals surface area contributed by atoms with Gasteiger partial charge < -0.3 is 0 Å². The maximum absolute atomic E-state index is 5.95. The van der Waals surface area contributed by atoms with Gasteiger partial charge in [0.25, 0.3) is 0 Å². The van der Waals surface area contributed by atoms with Gasteiger partial charge in [-0.15, -0.1) is 0 Å². The predicted molar refractivity (Wildman–Crippen MR) is 59.2 cm³/mol. The van der Waals surface area contributed by atoms with Crippen molar-refractivity contribution in [2.24, 2.45) is 0 Å². The largest absolute Gasteiger partial charge is 0.228 e. The van der Waals surface area contributed by atoms with Gasteiger partial charge in [-0.05, 0) is 33.8 Å². The lowest BCUT2D eigenvalue weighted by Crippen LogP contribution is -1.86. The molecule has 1 nitrogen and oxygen atoms in total. The summed E-state index contributed by atoms with van der Waals surface area (Å²) in [5, 5.41) is 2.81. The Morgan fingerprint density at radius 3 is 2.54 bits per heavy atom. The topological polar surface area (TPSA) is 12.9 Å². The van der Waals surface area contributed by atoms with Gasteiger partial charge in [-0.1, -0.05) is 35.9 Å². The number of pyridine rings is 1. The van der Waals surface area contributed by atoms with Crippen LogP contribution in [0.25, 0.3) is 10.8 Å². The minimum absolute atomic E-state index is 0.561. The van der Waals surface area contributed by atoms with Crippen molar-refractivity contribution < 1.29 is 0 Å². The predicted octanol–water partition coefficient (Wildman–Crippen LogP) is 3.96. The van der Waals surface area contributed by atoms with Crippen molar-refractivity contribution in [1.29, 1.82) is 0 Å². The van der Waals surface area contributed by atoms with Crippen molar-refractivity contribution in [2.45, 2.75) is 6.92 Å². The molecule has 2 rings (SSSR count). The molecule has 66 valence electrons. The van der Waals surface area contributed by atoms with E-state index in [9.17, 15) is 0 Å². The SMILES string of the molecule is Cc1c(Cl)nc(Br)c2ccccc12. The summed E-state index contributed by atoms with van der Waals surface area (Å²) in [5.41, 5.74) is 1.03. The highest BCUT2D eigenvalue weighted by molar-refractivity contribution is 9.10. The molecule has 0 unspecified atom stereocenters. The lowest BCUT2D eigenvalue weighted by molar-refractivity contribution is 1.27. The van der Waals surface area contributed by atoms with Gasteiger partial charge in [0.2, 0.25) is 0 Å². The summed E-state index contributed by atoms with van der Waals surface area (Å²) in [6.45, 7) is 1.98. The Morgan fingerprint density at radius 2 is 1.85 bits per heavy atom. The number of benzene rings is 1. The van der Waals surface area contributed by atoms with Crippen LogP contribution in [0, 0.1) is 6.92 Å². The minimum atomic E-state index is 0.561. The standard InChI is InChI=1S/C10H7BrClN/c1-6-7-4-2-3-5-8(7)9(11)13-10(6)12/h2-5H,1H3. The van der Waals surface area contributed by atoms with Crippen LogP contribution in [0.5, 0.6) is 0 Å². The molecule has 0 aliphatic carbocycles. The maximum Gasteiger partial charge on any atom is 0.133 e. The number of nitrogens with zero attached hydrogens (tertiary/aromatic N) is 1. The van der Waals surface area contributed by atoms with Crippen LogP contribution in [0.15, 0.2) is 28.9 Å². The average molecular weight is 257 g/mol. The quantitative estimate of drug-likeness (QED) is 0.650. The smallest absolute Gasteiger partial charge is 0.133 e. The first-order valence-corrected chi connectivity index (χ1v) is 5.07. The van der Waals surface area contributed by atoms with Crippen LogP contribution in [0.4, 0.5) is 0 Å². The lowest BCUT2D eigenvalue weighted by Gasteiger charge is -2.04. The second kappa shape index (κ2) is 3.28. The molecule has 0 saturated heterocycles. The van der Waals surface area contributed by atoms with E-state index >= 15 is 0 Å². The monoisotopic (exact) mass is 255 g/mol. The van der Waals surface area contributed by atoms with Gasteiger partial charge in [-0.25, -0.2) is 4.98 Å². The summed E-state index contributed by atoms with van der Waals surface area (Å²) in [7, 11) is 0. The number of aromatic nitrogens is 1. The Kier molecular flexibility index (Phi) is 2.26. The molecule has 1 aromatic carbocycles. The Hall–Kier alpha value is -0.600. The molecule has 0 atom stereocenters. The highest BCUT2D eigenvalue weighted by Crippen LogP contribution is 2.28. The molecular formula is C10H7BrClN. The first kappa shape index (κ1) is 8.97. The van der Waals surface area contributed by atoms with Gasteiger partial charge in [-0.2, -0.15) is 0 Å². The number of hydrogen-bond donors (Lipinski definition) is 0. The molecule has 0 N–H and O–H groups in total. The minimum Gasteiger partial charge on any atom is -0.228 e. The van der Waals surface area contributed by atoms with Crippen molar-refractivity contribution >= 4 is 38.3 Å². The van der Waals surface area contributed by atoms with Crippen molar-refractivity contribution in [1.82, 2.24) is 4.98 Å². The van der Waals surface area contributed by atoms with E-state index < -0.39 is 0 Å². The van der Waals surface area contributed by atoms with Gasteiger partial charge in [0, 0.05) is 5.39 Å². The third-order valence-corrected chi connectivity index (χ3v) is 3.03. The fourth-order valence-corrected chi connectivity index (χ4v) is 2.14. The van der Waals surface area contributed by atoms with Gasteiger partial charge >= 0.3 is 0 Å². The van der Waals surface area contributed by atoms with Crippen molar-refractivity contribution in [3.05, 3.63) is 39.6 Å². The van der Waals surface area contributed by atoms with Crippen molar-refractivity contribution in [3.63, 3.8) is 0 Å². The van der Waals surface area contributed by atoms with E-state index in [0.717, 1.165) is 20.9 Å². The van der Waals surface area contributed by atoms with Gasteiger partial charge in [-0.3, -0.25) is 0 Å². The average Bonchev–Trinajstić information content (AvgIpc) is 2.15. The van der Waals surface area contributed by atoms with E-state index in [4.69, 9.17) is 11.6 Å². The molecule has 13 heavy (non-hydrogen) atoms. The van der Waals surface area contributed by atoms with E-state index in [1.807, 2.05) is 31.2 Å². The summed E-state index contributed by atoms with van der Waals surface area (Å²) >= 11 is 9.34. The van der Waals surface area contributed by atoms with Crippen LogP contribution in [0.3, 0.4) is 0 Å². The number of rotatable bonds is 0. The number of hydrogen-bond acceptors (Lipinski definition) is 1. The maximum atomic E-state index is 5.95. The van der Waals surface area contributed by atoms with E-state index in [2.05, 4.69) is 20.9 Å². The Bertz CT molecular complexity index is 468. The fraction of sp³-hybridized carbons (Fsp3) is 0.100. The van der Waals surface area contributed by atoms with E-state index in [1.54, 1.807) is 0 Å². The molecule has 0 fully saturated rings. The molecule has 2 aromatic rings. The Labute approximate surface area is 89.9 Å². The molecule has 0 amide bonds. The van der Waals surface area contributed by atoms with Crippen LogP contribution in [0.1, 0.15) is 5.56 Å². The molecule has 0 radical (unpaired) electrons. The van der Waals surface area contributed by atoms with Crippen LogP contribution in [-0.4, -0.2) is 4.98 Å². The number of halogens is 2. The van der Waals surface area contributed by atoms with Crippen LogP contribution in [-0.2, 0) is 0 Å². The Morgan fingerprint density at radius 1 is 1.23 bits per heavy atom. The second-order valence-electron chi connectivity index (χ2n) is 2.86. The molecule has 1 heterocycles. The third kappa shape index (κ3) is 1.45. The summed E-state index contributed by atoms with van der Waals surface area (Å²) in [6.07, 6.45) is 0.